The van der Waals surface area contributed by atoms with Gasteiger partial charge in [-0.1, -0.05) is 11.6 Å². The Bertz CT molecular complexity index is 483. The van der Waals surface area contributed by atoms with Gasteiger partial charge in [-0.15, -0.1) is 0 Å². The number of nitrogens with zero attached hydrogens (tertiary/aromatic N) is 1. The number of imidazole rings is 1. The Morgan fingerprint density at radius 3 is 3.12 bits per heavy atom. The van der Waals surface area contributed by atoms with Gasteiger partial charge < -0.3 is 15.5 Å². The minimum absolute atomic E-state index is 0.0882. The lowest BCUT2D eigenvalue weighted by molar-refractivity contribution is 0.0664. The molecule has 0 fully saturated rings. The first-order valence-corrected chi connectivity index (χ1v) is 5.55. The molecule has 0 aliphatic rings. The van der Waals surface area contributed by atoms with E-state index in [1.165, 1.54) is 0 Å². The molecule has 0 saturated carbocycles. The fourth-order valence-corrected chi connectivity index (χ4v) is 1.69. The number of aromatic amines is 1. The largest absolute Gasteiger partial charge is 0.369 e. The smallest absolute Gasteiger partial charge is 0.136 e. The highest BCUT2D eigenvalue weighted by atomic mass is 35.5. The molecule has 1 heterocycles. The van der Waals surface area contributed by atoms with E-state index in [-0.39, 0.29) is 6.10 Å². The van der Waals surface area contributed by atoms with Crippen molar-refractivity contribution in [1.29, 1.82) is 0 Å². The number of benzene rings is 1. The fourth-order valence-electron chi connectivity index (χ4n) is 1.52. The number of hydrogen-bond acceptors (Lipinski definition) is 3. The molecule has 2 rings (SSSR count). The summed E-state index contributed by atoms with van der Waals surface area (Å²) in [6, 6.07) is 5.55. The average molecular weight is 240 g/mol. The first-order valence-electron chi connectivity index (χ1n) is 5.17. The van der Waals surface area contributed by atoms with Crippen molar-refractivity contribution >= 4 is 22.6 Å². The van der Waals surface area contributed by atoms with Gasteiger partial charge >= 0.3 is 0 Å². The zero-order valence-corrected chi connectivity index (χ0v) is 9.79. The first kappa shape index (κ1) is 11.4. The van der Waals surface area contributed by atoms with Crippen LogP contribution >= 0.6 is 11.6 Å². The van der Waals surface area contributed by atoms with Crippen LogP contribution in [0.2, 0.25) is 5.02 Å². The Hall–Kier alpha value is -1.10. The van der Waals surface area contributed by atoms with Crippen LogP contribution in [-0.2, 0) is 4.74 Å². The number of nitrogens with one attached hydrogen (secondary N) is 1. The van der Waals surface area contributed by atoms with Gasteiger partial charge in [-0.05, 0) is 25.1 Å². The van der Waals surface area contributed by atoms with Crippen molar-refractivity contribution in [3.63, 3.8) is 0 Å². The van der Waals surface area contributed by atoms with Crippen LogP contribution < -0.4 is 5.73 Å². The lowest BCUT2D eigenvalue weighted by atomic mass is 10.3. The number of H-pyrrole nitrogens is 1. The van der Waals surface area contributed by atoms with Crippen molar-refractivity contribution in [2.45, 2.75) is 13.0 Å². The van der Waals surface area contributed by atoms with Gasteiger partial charge in [-0.3, -0.25) is 0 Å². The molecule has 4 nitrogen and oxygen atoms in total. The Kier molecular flexibility index (Phi) is 3.43. The maximum absolute atomic E-state index is 5.90. The molecular weight excluding hydrogens is 226 g/mol. The number of nitrogens with two attached hydrogens (primary N) is 1. The third kappa shape index (κ3) is 2.35. The van der Waals surface area contributed by atoms with E-state index >= 15 is 0 Å². The fraction of sp³-hybridized carbons (Fsp3) is 0.364. The standard InChI is InChI=1S/C11H14ClN3O/c1-7(16-5-4-13)11-14-9-3-2-8(12)6-10(9)15-11/h2-3,6-7H,4-5,13H2,1H3,(H,14,15). The Morgan fingerprint density at radius 2 is 2.38 bits per heavy atom. The SMILES string of the molecule is CC(OCCN)c1nc2ccc(Cl)cc2[nH]1. The van der Waals surface area contributed by atoms with E-state index in [0.717, 1.165) is 16.9 Å². The normalized spacial score (nSPS) is 13.2. The third-order valence-corrected chi connectivity index (χ3v) is 2.57. The molecule has 0 spiro atoms. The summed E-state index contributed by atoms with van der Waals surface area (Å²) < 4.78 is 5.49. The second kappa shape index (κ2) is 4.82. The predicted molar refractivity (Wildman–Crippen MR) is 64.5 cm³/mol. The first-order chi connectivity index (χ1) is 7.70. The lowest BCUT2D eigenvalue weighted by Gasteiger charge is -2.08. The molecule has 1 aromatic heterocycles. The van der Waals surface area contributed by atoms with Crippen LogP contribution in [0.4, 0.5) is 0 Å². The summed E-state index contributed by atoms with van der Waals surface area (Å²) in [6.07, 6.45) is -0.0882. The molecule has 16 heavy (non-hydrogen) atoms. The van der Waals surface area contributed by atoms with Gasteiger partial charge in [0.05, 0.1) is 17.6 Å². The maximum atomic E-state index is 5.90. The molecule has 0 aliphatic carbocycles. The second-order valence-electron chi connectivity index (χ2n) is 3.59. The average Bonchev–Trinajstić information content (AvgIpc) is 2.68. The van der Waals surface area contributed by atoms with E-state index in [1.54, 1.807) is 0 Å². The number of aromatic nitrogens is 2. The molecule has 1 aromatic carbocycles. The molecule has 3 N–H and O–H groups in total. The van der Waals surface area contributed by atoms with Crippen molar-refractivity contribution in [2.24, 2.45) is 5.73 Å². The molecule has 0 amide bonds. The number of hydrogen-bond donors (Lipinski definition) is 2. The van der Waals surface area contributed by atoms with E-state index < -0.39 is 0 Å². The van der Waals surface area contributed by atoms with Crippen LogP contribution in [-0.4, -0.2) is 23.1 Å². The van der Waals surface area contributed by atoms with Crippen molar-refractivity contribution < 1.29 is 4.74 Å². The number of halogens is 1. The van der Waals surface area contributed by atoms with Crippen LogP contribution in [0.5, 0.6) is 0 Å². The molecule has 5 heteroatoms. The molecule has 0 saturated heterocycles. The van der Waals surface area contributed by atoms with Crippen molar-refractivity contribution in [3.8, 4) is 0 Å². The number of rotatable bonds is 4. The molecule has 1 unspecified atom stereocenters. The monoisotopic (exact) mass is 239 g/mol. The molecule has 0 bridgehead atoms. The summed E-state index contributed by atoms with van der Waals surface area (Å²) in [4.78, 5) is 7.61. The van der Waals surface area contributed by atoms with Crippen LogP contribution in [0.25, 0.3) is 11.0 Å². The zero-order valence-electron chi connectivity index (χ0n) is 9.03. The van der Waals surface area contributed by atoms with Gasteiger partial charge in [-0.25, -0.2) is 4.98 Å². The van der Waals surface area contributed by atoms with Gasteiger partial charge in [0.25, 0.3) is 0 Å². The van der Waals surface area contributed by atoms with Crippen LogP contribution in [0.3, 0.4) is 0 Å². The van der Waals surface area contributed by atoms with E-state index in [2.05, 4.69) is 9.97 Å². The van der Waals surface area contributed by atoms with Crippen LogP contribution in [0, 0.1) is 0 Å². The third-order valence-electron chi connectivity index (χ3n) is 2.33. The lowest BCUT2D eigenvalue weighted by Crippen LogP contribution is -2.11. The van der Waals surface area contributed by atoms with E-state index in [4.69, 9.17) is 22.1 Å². The van der Waals surface area contributed by atoms with E-state index in [1.807, 2.05) is 25.1 Å². The summed E-state index contributed by atoms with van der Waals surface area (Å²) in [6.45, 7) is 2.98. The van der Waals surface area contributed by atoms with Gasteiger partial charge in [0.1, 0.15) is 11.9 Å². The van der Waals surface area contributed by atoms with Crippen molar-refractivity contribution in [1.82, 2.24) is 9.97 Å². The van der Waals surface area contributed by atoms with Crippen LogP contribution in [0.15, 0.2) is 18.2 Å². The van der Waals surface area contributed by atoms with Crippen molar-refractivity contribution in [3.05, 3.63) is 29.0 Å². The Labute approximate surface area is 98.8 Å². The van der Waals surface area contributed by atoms with Gasteiger partial charge in [0.2, 0.25) is 0 Å². The maximum Gasteiger partial charge on any atom is 0.136 e. The van der Waals surface area contributed by atoms with Gasteiger partial charge in [0.15, 0.2) is 0 Å². The van der Waals surface area contributed by atoms with Gasteiger partial charge in [0, 0.05) is 11.6 Å². The number of ether oxygens (including phenoxy) is 1. The quantitative estimate of drug-likeness (QED) is 0.860. The molecule has 2 aromatic rings. The zero-order chi connectivity index (χ0) is 11.5. The minimum atomic E-state index is -0.0882. The highest BCUT2D eigenvalue weighted by Gasteiger charge is 2.10. The summed E-state index contributed by atoms with van der Waals surface area (Å²) in [5, 5.41) is 0.693. The summed E-state index contributed by atoms with van der Waals surface area (Å²) in [5.74, 6) is 0.797. The number of fused-ring (bicyclic) bond motifs is 1. The van der Waals surface area contributed by atoms with E-state index in [0.29, 0.717) is 18.2 Å². The van der Waals surface area contributed by atoms with E-state index in [9.17, 15) is 0 Å². The molecule has 0 radical (unpaired) electrons. The topological polar surface area (TPSA) is 63.9 Å². The predicted octanol–water partition coefficient (Wildman–Crippen LogP) is 2.25. The molecule has 86 valence electrons. The summed E-state index contributed by atoms with van der Waals surface area (Å²) in [7, 11) is 0. The van der Waals surface area contributed by atoms with Gasteiger partial charge in [-0.2, -0.15) is 0 Å². The van der Waals surface area contributed by atoms with Crippen molar-refractivity contribution in [2.75, 3.05) is 13.2 Å². The Balaban J connectivity index is 2.25. The highest BCUT2D eigenvalue weighted by Crippen LogP contribution is 2.21. The minimum Gasteiger partial charge on any atom is -0.369 e. The summed E-state index contributed by atoms with van der Waals surface area (Å²) in [5.41, 5.74) is 7.19. The summed E-state index contributed by atoms with van der Waals surface area (Å²) >= 11 is 5.90. The molecule has 1 atom stereocenters. The highest BCUT2D eigenvalue weighted by molar-refractivity contribution is 6.31. The molecule has 0 aliphatic heterocycles. The molecular formula is C11H14ClN3O. The second-order valence-corrected chi connectivity index (χ2v) is 4.02. The van der Waals surface area contributed by atoms with Crippen LogP contribution in [0.1, 0.15) is 18.9 Å². The Morgan fingerprint density at radius 1 is 1.56 bits per heavy atom.